The lowest BCUT2D eigenvalue weighted by atomic mass is 10.0. The van der Waals surface area contributed by atoms with Gasteiger partial charge in [0.1, 0.15) is 17.2 Å². The van der Waals surface area contributed by atoms with Crippen LogP contribution in [0.1, 0.15) is 32.0 Å². The number of aryl methyl sites for hydroxylation is 1. The van der Waals surface area contributed by atoms with E-state index in [-0.39, 0.29) is 11.7 Å². The van der Waals surface area contributed by atoms with E-state index >= 15 is 0 Å². The predicted octanol–water partition coefficient (Wildman–Crippen LogP) is 2.32. The molecule has 0 saturated carbocycles. The molecule has 22 heavy (non-hydrogen) atoms. The SMILES string of the molecule is C[C@@]1(C(=O)NCCCc2nc3ccc(F)cc3[nH]2)CCCO1. The van der Waals surface area contributed by atoms with Crippen LogP contribution < -0.4 is 5.32 Å². The van der Waals surface area contributed by atoms with Crippen molar-refractivity contribution in [2.75, 3.05) is 13.2 Å². The zero-order valence-electron chi connectivity index (χ0n) is 12.6. The summed E-state index contributed by atoms with van der Waals surface area (Å²) in [5.74, 6) is 0.481. The molecule has 3 rings (SSSR count). The van der Waals surface area contributed by atoms with Crippen LogP contribution in [-0.4, -0.2) is 34.6 Å². The molecule has 1 aromatic heterocycles. The molecule has 0 unspecified atom stereocenters. The van der Waals surface area contributed by atoms with Crippen LogP contribution in [0.5, 0.6) is 0 Å². The lowest BCUT2D eigenvalue weighted by molar-refractivity contribution is -0.139. The highest BCUT2D eigenvalue weighted by Crippen LogP contribution is 2.24. The lowest BCUT2D eigenvalue weighted by Crippen LogP contribution is -2.44. The molecule has 1 saturated heterocycles. The summed E-state index contributed by atoms with van der Waals surface area (Å²) >= 11 is 0. The molecule has 1 atom stereocenters. The Hall–Kier alpha value is -1.95. The first-order chi connectivity index (χ1) is 10.6. The van der Waals surface area contributed by atoms with Crippen molar-refractivity contribution in [1.29, 1.82) is 0 Å². The summed E-state index contributed by atoms with van der Waals surface area (Å²) in [6, 6.07) is 4.49. The first-order valence-electron chi connectivity index (χ1n) is 7.63. The van der Waals surface area contributed by atoms with Gasteiger partial charge in [0.05, 0.1) is 11.0 Å². The van der Waals surface area contributed by atoms with Gasteiger partial charge < -0.3 is 15.0 Å². The number of H-pyrrole nitrogens is 1. The van der Waals surface area contributed by atoms with Crippen molar-refractivity contribution < 1.29 is 13.9 Å². The van der Waals surface area contributed by atoms with Crippen molar-refractivity contribution >= 4 is 16.9 Å². The number of carbonyl (C=O) groups excluding carboxylic acids is 1. The Bertz CT molecular complexity index is 677. The van der Waals surface area contributed by atoms with Crippen molar-refractivity contribution in [2.45, 2.75) is 38.2 Å². The highest BCUT2D eigenvalue weighted by Gasteiger charge is 2.37. The number of rotatable bonds is 5. The number of imidazole rings is 1. The molecule has 1 fully saturated rings. The molecular weight excluding hydrogens is 285 g/mol. The van der Waals surface area contributed by atoms with E-state index < -0.39 is 5.60 Å². The van der Waals surface area contributed by atoms with Crippen molar-refractivity contribution in [1.82, 2.24) is 15.3 Å². The van der Waals surface area contributed by atoms with E-state index in [4.69, 9.17) is 4.74 Å². The Morgan fingerprint density at radius 1 is 1.55 bits per heavy atom. The molecule has 1 aliphatic heterocycles. The van der Waals surface area contributed by atoms with Gasteiger partial charge >= 0.3 is 0 Å². The molecule has 5 nitrogen and oxygen atoms in total. The van der Waals surface area contributed by atoms with Crippen molar-refractivity contribution in [3.63, 3.8) is 0 Å². The molecule has 0 radical (unpaired) electrons. The van der Waals surface area contributed by atoms with Gasteiger partial charge in [0.25, 0.3) is 5.91 Å². The highest BCUT2D eigenvalue weighted by atomic mass is 19.1. The van der Waals surface area contributed by atoms with Crippen LogP contribution in [0, 0.1) is 5.82 Å². The number of aromatic nitrogens is 2. The Morgan fingerprint density at radius 3 is 3.18 bits per heavy atom. The lowest BCUT2D eigenvalue weighted by Gasteiger charge is -2.21. The van der Waals surface area contributed by atoms with Gasteiger partial charge in [-0.25, -0.2) is 9.37 Å². The monoisotopic (exact) mass is 305 g/mol. The minimum absolute atomic E-state index is 0.0447. The maximum absolute atomic E-state index is 13.1. The fraction of sp³-hybridized carbons (Fsp3) is 0.500. The number of ether oxygens (including phenoxy) is 1. The highest BCUT2D eigenvalue weighted by molar-refractivity contribution is 5.84. The normalized spacial score (nSPS) is 21.4. The topological polar surface area (TPSA) is 67.0 Å². The summed E-state index contributed by atoms with van der Waals surface area (Å²) in [6.07, 6.45) is 3.17. The summed E-state index contributed by atoms with van der Waals surface area (Å²) in [7, 11) is 0. The van der Waals surface area contributed by atoms with Gasteiger partial charge in [0.2, 0.25) is 0 Å². The van der Waals surface area contributed by atoms with E-state index in [0.29, 0.717) is 25.1 Å². The fourth-order valence-corrected chi connectivity index (χ4v) is 2.76. The molecule has 6 heteroatoms. The van der Waals surface area contributed by atoms with Gasteiger partial charge in [-0.05, 0) is 44.4 Å². The third kappa shape index (κ3) is 3.11. The van der Waals surface area contributed by atoms with Gasteiger partial charge in [-0.3, -0.25) is 4.79 Å². The number of hydrogen-bond donors (Lipinski definition) is 2. The number of nitrogens with zero attached hydrogens (tertiary/aromatic N) is 1. The average molecular weight is 305 g/mol. The van der Waals surface area contributed by atoms with Crippen LogP contribution >= 0.6 is 0 Å². The Balaban J connectivity index is 1.49. The molecule has 118 valence electrons. The fourth-order valence-electron chi connectivity index (χ4n) is 2.76. The van der Waals surface area contributed by atoms with Crippen molar-refractivity contribution in [3.8, 4) is 0 Å². The van der Waals surface area contributed by atoms with Gasteiger partial charge in [0, 0.05) is 19.6 Å². The number of amides is 1. The minimum atomic E-state index is -0.670. The average Bonchev–Trinajstić information content (AvgIpc) is 3.09. The summed E-state index contributed by atoms with van der Waals surface area (Å²) in [6.45, 7) is 3.06. The quantitative estimate of drug-likeness (QED) is 0.833. The second kappa shape index (κ2) is 6.04. The number of aromatic amines is 1. The number of halogens is 1. The summed E-state index contributed by atoms with van der Waals surface area (Å²) < 4.78 is 18.6. The van der Waals surface area contributed by atoms with E-state index in [2.05, 4.69) is 15.3 Å². The maximum Gasteiger partial charge on any atom is 0.251 e. The zero-order valence-corrected chi connectivity index (χ0v) is 12.6. The van der Waals surface area contributed by atoms with Crippen LogP contribution in [0.25, 0.3) is 11.0 Å². The maximum atomic E-state index is 13.1. The molecule has 1 aromatic carbocycles. The third-order valence-electron chi connectivity index (χ3n) is 4.07. The van der Waals surface area contributed by atoms with Crippen molar-refractivity contribution in [3.05, 3.63) is 29.8 Å². The summed E-state index contributed by atoms with van der Waals surface area (Å²) in [4.78, 5) is 19.6. The van der Waals surface area contributed by atoms with Crippen LogP contribution in [0.4, 0.5) is 4.39 Å². The first kappa shape index (κ1) is 15.0. The molecule has 0 bridgehead atoms. The summed E-state index contributed by atoms with van der Waals surface area (Å²) in [5, 5.41) is 2.91. The van der Waals surface area contributed by atoms with E-state index in [9.17, 15) is 9.18 Å². The smallest absolute Gasteiger partial charge is 0.251 e. The minimum Gasteiger partial charge on any atom is -0.365 e. The largest absolute Gasteiger partial charge is 0.365 e. The van der Waals surface area contributed by atoms with Crippen molar-refractivity contribution in [2.24, 2.45) is 0 Å². The van der Waals surface area contributed by atoms with Crippen LogP contribution in [0.2, 0.25) is 0 Å². The molecule has 1 aliphatic rings. The second-order valence-electron chi connectivity index (χ2n) is 5.89. The zero-order chi connectivity index (χ0) is 15.6. The number of nitrogens with one attached hydrogen (secondary N) is 2. The van der Waals surface area contributed by atoms with E-state index in [1.807, 2.05) is 6.92 Å². The number of hydrogen-bond acceptors (Lipinski definition) is 3. The predicted molar refractivity (Wildman–Crippen MR) is 81.0 cm³/mol. The molecule has 2 heterocycles. The number of carbonyl (C=O) groups is 1. The number of benzene rings is 1. The second-order valence-corrected chi connectivity index (χ2v) is 5.89. The van der Waals surface area contributed by atoms with Crippen LogP contribution in [0.3, 0.4) is 0 Å². The van der Waals surface area contributed by atoms with E-state index in [1.54, 1.807) is 6.07 Å². The Kier molecular flexibility index (Phi) is 4.11. The molecule has 2 aromatic rings. The Labute approximate surface area is 128 Å². The molecule has 0 aliphatic carbocycles. The molecule has 1 amide bonds. The van der Waals surface area contributed by atoms with Gasteiger partial charge in [0.15, 0.2) is 0 Å². The van der Waals surface area contributed by atoms with Crippen LogP contribution in [-0.2, 0) is 16.0 Å². The van der Waals surface area contributed by atoms with Gasteiger partial charge in [-0.1, -0.05) is 0 Å². The van der Waals surface area contributed by atoms with E-state index in [0.717, 1.165) is 30.6 Å². The molecule has 2 N–H and O–H groups in total. The van der Waals surface area contributed by atoms with E-state index in [1.165, 1.54) is 12.1 Å². The standard InChI is InChI=1S/C16H20FN3O2/c1-16(7-3-9-22-16)15(21)18-8-2-4-14-19-12-6-5-11(17)10-13(12)20-14/h5-6,10H,2-4,7-9H2,1H3,(H,18,21)(H,19,20)/t16-/m0/s1. The summed E-state index contributed by atoms with van der Waals surface area (Å²) in [5.41, 5.74) is 0.787. The number of fused-ring (bicyclic) bond motifs is 1. The van der Waals surface area contributed by atoms with Gasteiger partial charge in [-0.2, -0.15) is 0 Å². The molecular formula is C16H20FN3O2. The van der Waals surface area contributed by atoms with Crippen LogP contribution in [0.15, 0.2) is 18.2 Å². The third-order valence-corrected chi connectivity index (χ3v) is 4.07. The molecule has 0 spiro atoms. The Morgan fingerprint density at radius 2 is 2.41 bits per heavy atom. The first-order valence-corrected chi connectivity index (χ1v) is 7.63. The van der Waals surface area contributed by atoms with Gasteiger partial charge in [-0.15, -0.1) is 0 Å².